The Labute approximate surface area is 128 Å². The highest BCUT2D eigenvalue weighted by Gasteiger charge is 2.21. The lowest BCUT2D eigenvalue weighted by Crippen LogP contribution is -2.40. The van der Waals surface area contributed by atoms with E-state index >= 15 is 0 Å². The number of aromatic nitrogens is 2. The van der Waals surface area contributed by atoms with Crippen molar-refractivity contribution in [3.8, 4) is 0 Å². The van der Waals surface area contributed by atoms with Crippen LogP contribution in [0.5, 0.6) is 0 Å². The van der Waals surface area contributed by atoms with E-state index in [1.54, 1.807) is 7.05 Å². The van der Waals surface area contributed by atoms with Gasteiger partial charge in [-0.1, -0.05) is 27.7 Å². The van der Waals surface area contributed by atoms with Crippen LogP contribution >= 0.6 is 23.5 Å². The van der Waals surface area contributed by atoms with Gasteiger partial charge in [-0.15, -0.1) is 23.5 Å². The molecule has 0 N–H and O–H groups in total. The molecule has 20 heavy (non-hydrogen) atoms. The van der Waals surface area contributed by atoms with E-state index in [1.165, 1.54) is 32.9 Å². The van der Waals surface area contributed by atoms with Crippen LogP contribution in [0.3, 0.4) is 0 Å². The van der Waals surface area contributed by atoms with E-state index in [9.17, 15) is 9.59 Å². The standard InChI is InChI=1S/C14H24N2O2S2/c1-8(2)16-14(18)12(20-10(5)6)11(19-9(3)4)13(17)15(16)7/h8-10H,1-7H3. The summed E-state index contributed by atoms with van der Waals surface area (Å²) in [6.45, 7) is 12.0. The molecule has 0 spiro atoms. The van der Waals surface area contributed by atoms with Gasteiger partial charge in [0.05, 0.1) is 9.79 Å². The minimum Gasteiger partial charge on any atom is -0.267 e. The van der Waals surface area contributed by atoms with Crippen LogP contribution in [0, 0.1) is 0 Å². The first-order valence-electron chi connectivity index (χ1n) is 6.85. The van der Waals surface area contributed by atoms with Crippen LogP contribution in [0.2, 0.25) is 0 Å². The van der Waals surface area contributed by atoms with Crippen molar-refractivity contribution in [3.63, 3.8) is 0 Å². The van der Waals surface area contributed by atoms with Gasteiger partial charge in [0, 0.05) is 23.6 Å². The van der Waals surface area contributed by atoms with Crippen molar-refractivity contribution in [2.24, 2.45) is 7.05 Å². The summed E-state index contributed by atoms with van der Waals surface area (Å²) in [5, 5.41) is 0.533. The zero-order valence-electron chi connectivity index (χ0n) is 13.3. The van der Waals surface area contributed by atoms with Crippen LogP contribution in [0.25, 0.3) is 0 Å². The molecule has 0 saturated carbocycles. The lowest BCUT2D eigenvalue weighted by molar-refractivity contribution is 0.396. The molecule has 1 heterocycles. The summed E-state index contributed by atoms with van der Waals surface area (Å²) in [5.41, 5.74) is -0.149. The Bertz CT molecular complexity index is 586. The summed E-state index contributed by atoms with van der Waals surface area (Å²) in [6.07, 6.45) is 0. The molecule has 4 nitrogen and oxygen atoms in total. The molecule has 0 aromatic carbocycles. The molecule has 0 saturated heterocycles. The van der Waals surface area contributed by atoms with Gasteiger partial charge < -0.3 is 0 Å². The van der Waals surface area contributed by atoms with Gasteiger partial charge in [-0.25, -0.2) is 9.36 Å². The third kappa shape index (κ3) is 3.73. The fourth-order valence-electron chi connectivity index (χ4n) is 1.94. The highest BCUT2D eigenvalue weighted by Crippen LogP contribution is 2.30. The fraction of sp³-hybridized carbons (Fsp3) is 0.714. The van der Waals surface area contributed by atoms with E-state index in [-0.39, 0.29) is 27.7 Å². The summed E-state index contributed by atoms with van der Waals surface area (Å²) in [5.74, 6) is 0. The van der Waals surface area contributed by atoms with E-state index in [0.717, 1.165) is 0 Å². The zero-order chi connectivity index (χ0) is 15.6. The minimum absolute atomic E-state index is 0.0372. The van der Waals surface area contributed by atoms with Gasteiger partial charge in [-0.2, -0.15) is 0 Å². The second kappa shape index (κ2) is 6.89. The summed E-state index contributed by atoms with van der Waals surface area (Å²) < 4.78 is 2.99. The summed E-state index contributed by atoms with van der Waals surface area (Å²) in [7, 11) is 1.66. The van der Waals surface area contributed by atoms with Gasteiger partial charge in [0.15, 0.2) is 0 Å². The van der Waals surface area contributed by atoms with Crippen molar-refractivity contribution in [1.29, 1.82) is 0 Å². The largest absolute Gasteiger partial charge is 0.280 e. The van der Waals surface area contributed by atoms with Crippen LogP contribution in [-0.4, -0.2) is 19.9 Å². The van der Waals surface area contributed by atoms with Crippen molar-refractivity contribution < 1.29 is 0 Å². The molecule has 0 aliphatic rings. The number of hydrogen-bond acceptors (Lipinski definition) is 4. The first-order chi connectivity index (χ1) is 9.16. The van der Waals surface area contributed by atoms with Gasteiger partial charge in [-0.3, -0.25) is 9.59 Å². The summed E-state index contributed by atoms with van der Waals surface area (Å²) >= 11 is 2.96. The van der Waals surface area contributed by atoms with Gasteiger partial charge in [-0.05, 0) is 13.8 Å². The van der Waals surface area contributed by atoms with E-state index < -0.39 is 0 Å². The first-order valence-corrected chi connectivity index (χ1v) is 8.61. The Morgan fingerprint density at radius 2 is 1.20 bits per heavy atom. The molecule has 0 unspecified atom stereocenters. The molecular weight excluding hydrogens is 292 g/mol. The molecule has 0 bridgehead atoms. The molecule has 0 amide bonds. The molecule has 1 aromatic rings. The van der Waals surface area contributed by atoms with Gasteiger partial charge in [0.1, 0.15) is 0 Å². The van der Waals surface area contributed by atoms with Crippen molar-refractivity contribution in [1.82, 2.24) is 9.36 Å². The second-order valence-corrected chi connectivity index (χ2v) is 8.74. The molecule has 0 aliphatic heterocycles. The molecule has 0 radical (unpaired) electrons. The van der Waals surface area contributed by atoms with Crippen molar-refractivity contribution in [2.45, 2.75) is 67.9 Å². The lowest BCUT2D eigenvalue weighted by atomic mass is 10.4. The fourth-order valence-corrected chi connectivity index (χ4v) is 3.99. The van der Waals surface area contributed by atoms with Gasteiger partial charge in [0.25, 0.3) is 11.1 Å². The quantitative estimate of drug-likeness (QED) is 0.783. The van der Waals surface area contributed by atoms with Crippen molar-refractivity contribution in [2.75, 3.05) is 0 Å². The summed E-state index contributed by atoms with van der Waals surface area (Å²) in [4.78, 5) is 26.4. The van der Waals surface area contributed by atoms with E-state index in [0.29, 0.717) is 9.79 Å². The zero-order valence-corrected chi connectivity index (χ0v) is 14.9. The number of nitrogens with zero attached hydrogens (tertiary/aromatic N) is 2. The molecule has 6 heteroatoms. The van der Waals surface area contributed by atoms with Gasteiger partial charge in [0.2, 0.25) is 0 Å². The normalized spacial score (nSPS) is 11.9. The van der Waals surface area contributed by atoms with Crippen LogP contribution < -0.4 is 11.1 Å². The summed E-state index contributed by atoms with van der Waals surface area (Å²) in [6, 6.07) is -0.0372. The predicted octanol–water partition coefficient (Wildman–Crippen LogP) is 3.13. The highest BCUT2D eigenvalue weighted by molar-refractivity contribution is 8.02. The minimum atomic E-state index is -0.0832. The van der Waals surface area contributed by atoms with E-state index in [2.05, 4.69) is 0 Å². The Hall–Kier alpha value is -0.620. The third-order valence-corrected chi connectivity index (χ3v) is 4.92. The van der Waals surface area contributed by atoms with Gasteiger partial charge >= 0.3 is 0 Å². The Balaban J connectivity index is 3.66. The molecule has 1 rings (SSSR count). The Kier molecular flexibility index (Phi) is 6.01. The molecular formula is C14H24N2O2S2. The van der Waals surface area contributed by atoms with Crippen LogP contribution in [0.1, 0.15) is 47.6 Å². The average molecular weight is 316 g/mol. The predicted molar refractivity (Wildman–Crippen MR) is 88.3 cm³/mol. The van der Waals surface area contributed by atoms with Crippen LogP contribution in [0.15, 0.2) is 19.4 Å². The van der Waals surface area contributed by atoms with E-state index in [4.69, 9.17) is 0 Å². The Morgan fingerprint density at radius 1 is 0.800 bits per heavy atom. The maximum absolute atomic E-state index is 12.7. The molecule has 114 valence electrons. The second-order valence-electron chi connectivity index (χ2n) is 5.56. The molecule has 1 aromatic heterocycles. The number of hydrogen-bond donors (Lipinski definition) is 0. The number of thioether (sulfide) groups is 2. The van der Waals surface area contributed by atoms with Crippen LogP contribution in [0.4, 0.5) is 0 Å². The molecule has 0 atom stereocenters. The molecule has 0 aliphatic carbocycles. The van der Waals surface area contributed by atoms with Crippen molar-refractivity contribution >= 4 is 23.5 Å². The van der Waals surface area contributed by atoms with E-state index in [1.807, 2.05) is 41.5 Å². The van der Waals surface area contributed by atoms with Crippen LogP contribution in [-0.2, 0) is 7.05 Å². The monoisotopic (exact) mass is 316 g/mol. The third-order valence-electron chi connectivity index (χ3n) is 2.62. The SMILES string of the molecule is CC(C)Sc1c(SC(C)C)c(=O)n(C(C)C)n(C)c1=O. The first kappa shape index (κ1) is 17.4. The maximum atomic E-state index is 12.7. The maximum Gasteiger partial charge on any atom is 0.280 e. The van der Waals surface area contributed by atoms with Crippen molar-refractivity contribution in [3.05, 3.63) is 20.7 Å². The lowest BCUT2D eigenvalue weighted by Gasteiger charge is -2.20. The Morgan fingerprint density at radius 3 is 1.55 bits per heavy atom. The average Bonchev–Trinajstić information content (AvgIpc) is 2.29. The topological polar surface area (TPSA) is 44.0 Å². The highest BCUT2D eigenvalue weighted by atomic mass is 32.2. The molecule has 0 fully saturated rings. The smallest absolute Gasteiger partial charge is 0.267 e. The number of rotatable bonds is 5.